The minimum Gasteiger partial charge on any atom is -0.508 e. The van der Waals surface area contributed by atoms with Gasteiger partial charge in [0.25, 0.3) is 0 Å². The van der Waals surface area contributed by atoms with Crippen molar-refractivity contribution < 1.29 is 19.4 Å². The minimum atomic E-state index is -0.497. The maximum absolute atomic E-state index is 11.9. The van der Waals surface area contributed by atoms with Crippen molar-refractivity contribution in [3.05, 3.63) is 58.1 Å². The molecule has 0 aliphatic heterocycles. The molecule has 5 heteroatoms. The number of phenolic OH excluding ortho intramolecular Hbond substituents is 1. The zero-order valence-corrected chi connectivity index (χ0v) is 12.4. The van der Waals surface area contributed by atoms with E-state index in [-0.39, 0.29) is 12.4 Å². The molecule has 0 unspecified atom stereocenters. The van der Waals surface area contributed by atoms with E-state index < -0.39 is 5.97 Å². The fourth-order valence-electron chi connectivity index (χ4n) is 1.72. The molecule has 0 bridgehead atoms. The van der Waals surface area contributed by atoms with Crippen LogP contribution in [-0.4, -0.2) is 18.2 Å². The van der Waals surface area contributed by atoms with Crippen LogP contribution in [0, 0.1) is 0 Å². The molecule has 0 saturated carbocycles. The summed E-state index contributed by atoms with van der Waals surface area (Å²) in [4.78, 5) is 11.9. The molecule has 0 aliphatic rings. The number of halogens is 1. The number of carbonyl (C=O) groups excluding carboxylic acids is 1. The van der Waals surface area contributed by atoms with Crippen molar-refractivity contribution in [2.75, 3.05) is 7.11 Å². The normalized spacial score (nSPS) is 10.1. The van der Waals surface area contributed by atoms with Crippen molar-refractivity contribution in [1.29, 1.82) is 0 Å². The summed E-state index contributed by atoms with van der Waals surface area (Å²) in [6, 6.07) is 11.5. The number of phenols is 1. The van der Waals surface area contributed by atoms with Gasteiger partial charge in [-0.05, 0) is 36.4 Å². The van der Waals surface area contributed by atoms with Crippen LogP contribution >= 0.6 is 15.9 Å². The first-order chi connectivity index (χ1) is 9.60. The Bertz CT molecular complexity index is 625. The van der Waals surface area contributed by atoms with Crippen LogP contribution in [0.2, 0.25) is 0 Å². The van der Waals surface area contributed by atoms with Crippen LogP contribution in [0.15, 0.2) is 46.9 Å². The number of aromatic hydroxyl groups is 1. The van der Waals surface area contributed by atoms with Gasteiger partial charge in [-0.25, -0.2) is 4.79 Å². The van der Waals surface area contributed by atoms with E-state index in [1.54, 1.807) is 25.3 Å². The molecule has 0 aliphatic carbocycles. The molecular weight excluding hydrogens is 324 g/mol. The highest BCUT2D eigenvalue weighted by molar-refractivity contribution is 9.10. The second kappa shape index (κ2) is 6.43. The molecule has 4 nitrogen and oxygen atoms in total. The SMILES string of the molecule is COc1ccc(Br)cc1COC(=O)c1cccc(O)c1. The Balaban J connectivity index is 2.09. The number of rotatable bonds is 4. The molecule has 0 saturated heterocycles. The van der Waals surface area contributed by atoms with Crippen molar-refractivity contribution in [3.8, 4) is 11.5 Å². The van der Waals surface area contributed by atoms with E-state index in [1.165, 1.54) is 12.1 Å². The third-order valence-electron chi connectivity index (χ3n) is 2.68. The topological polar surface area (TPSA) is 55.8 Å². The average Bonchev–Trinajstić information content (AvgIpc) is 2.45. The van der Waals surface area contributed by atoms with Gasteiger partial charge < -0.3 is 14.6 Å². The predicted octanol–water partition coefficient (Wildman–Crippen LogP) is 3.52. The third kappa shape index (κ3) is 3.51. The lowest BCUT2D eigenvalue weighted by Crippen LogP contribution is -2.06. The smallest absolute Gasteiger partial charge is 0.338 e. The van der Waals surface area contributed by atoms with E-state index in [2.05, 4.69) is 15.9 Å². The molecule has 0 amide bonds. The summed E-state index contributed by atoms with van der Waals surface area (Å²) in [7, 11) is 1.56. The number of ether oxygens (including phenoxy) is 2. The molecule has 0 aromatic heterocycles. The summed E-state index contributed by atoms with van der Waals surface area (Å²) in [5, 5.41) is 9.33. The van der Waals surface area contributed by atoms with E-state index >= 15 is 0 Å². The maximum atomic E-state index is 11.9. The summed E-state index contributed by atoms with van der Waals surface area (Å²) in [6.07, 6.45) is 0. The molecule has 20 heavy (non-hydrogen) atoms. The second-order valence-corrected chi connectivity index (χ2v) is 5.00. The highest BCUT2D eigenvalue weighted by Crippen LogP contribution is 2.24. The van der Waals surface area contributed by atoms with Crippen LogP contribution in [0.1, 0.15) is 15.9 Å². The lowest BCUT2D eigenvalue weighted by atomic mass is 10.2. The number of methoxy groups -OCH3 is 1. The first kappa shape index (κ1) is 14.4. The zero-order valence-electron chi connectivity index (χ0n) is 10.8. The average molecular weight is 337 g/mol. The number of hydrogen-bond acceptors (Lipinski definition) is 4. The van der Waals surface area contributed by atoms with Gasteiger partial charge >= 0.3 is 5.97 Å². The molecular formula is C15H13BrO4. The Morgan fingerprint density at radius 1 is 1.25 bits per heavy atom. The Hall–Kier alpha value is -2.01. The zero-order chi connectivity index (χ0) is 14.5. The minimum absolute atomic E-state index is 0.0273. The summed E-state index contributed by atoms with van der Waals surface area (Å²) in [5.41, 5.74) is 1.06. The molecule has 2 rings (SSSR count). The van der Waals surface area contributed by atoms with Crippen LogP contribution in [0.3, 0.4) is 0 Å². The monoisotopic (exact) mass is 336 g/mol. The lowest BCUT2D eigenvalue weighted by Gasteiger charge is -2.10. The maximum Gasteiger partial charge on any atom is 0.338 e. The van der Waals surface area contributed by atoms with Gasteiger partial charge in [0.05, 0.1) is 12.7 Å². The molecule has 1 N–H and O–H groups in total. The van der Waals surface area contributed by atoms with E-state index in [0.717, 1.165) is 10.0 Å². The Morgan fingerprint density at radius 2 is 2.05 bits per heavy atom. The first-order valence-electron chi connectivity index (χ1n) is 5.88. The third-order valence-corrected chi connectivity index (χ3v) is 3.18. The number of benzene rings is 2. The summed E-state index contributed by atoms with van der Waals surface area (Å²) in [6.45, 7) is 0.0943. The molecule has 2 aromatic rings. The molecule has 0 fully saturated rings. The van der Waals surface area contributed by atoms with Gasteiger partial charge in [-0.3, -0.25) is 0 Å². The van der Waals surface area contributed by atoms with Gasteiger partial charge in [-0.2, -0.15) is 0 Å². The molecule has 104 valence electrons. The molecule has 0 radical (unpaired) electrons. The van der Waals surface area contributed by atoms with Crippen molar-refractivity contribution in [1.82, 2.24) is 0 Å². The van der Waals surface area contributed by atoms with Gasteiger partial charge in [-0.1, -0.05) is 22.0 Å². The van der Waals surface area contributed by atoms with Crippen LogP contribution in [-0.2, 0) is 11.3 Å². The van der Waals surface area contributed by atoms with Crippen LogP contribution < -0.4 is 4.74 Å². The van der Waals surface area contributed by atoms with Crippen molar-refractivity contribution >= 4 is 21.9 Å². The van der Waals surface area contributed by atoms with Gasteiger partial charge in [0.1, 0.15) is 18.1 Å². The van der Waals surface area contributed by atoms with Gasteiger partial charge in [-0.15, -0.1) is 0 Å². The lowest BCUT2D eigenvalue weighted by molar-refractivity contribution is 0.0469. The van der Waals surface area contributed by atoms with Crippen LogP contribution in [0.25, 0.3) is 0 Å². The largest absolute Gasteiger partial charge is 0.508 e. The Kier molecular flexibility index (Phi) is 4.63. The first-order valence-corrected chi connectivity index (χ1v) is 6.68. The number of esters is 1. The Morgan fingerprint density at radius 3 is 2.75 bits per heavy atom. The number of hydrogen-bond donors (Lipinski definition) is 1. The highest BCUT2D eigenvalue weighted by Gasteiger charge is 2.10. The van der Waals surface area contributed by atoms with E-state index in [9.17, 15) is 9.90 Å². The molecule has 0 heterocycles. The summed E-state index contributed by atoms with van der Waals surface area (Å²) in [5.74, 6) is 0.180. The standard InChI is InChI=1S/C15H13BrO4/c1-19-14-6-5-12(16)7-11(14)9-20-15(18)10-3-2-4-13(17)8-10/h2-8,17H,9H2,1H3. The fourth-order valence-corrected chi connectivity index (χ4v) is 2.13. The number of carbonyl (C=O) groups is 1. The van der Waals surface area contributed by atoms with Gasteiger partial charge in [0.2, 0.25) is 0 Å². The van der Waals surface area contributed by atoms with Gasteiger partial charge in [0.15, 0.2) is 0 Å². The Labute approximate surface area is 125 Å². The van der Waals surface area contributed by atoms with E-state index in [0.29, 0.717) is 11.3 Å². The fraction of sp³-hybridized carbons (Fsp3) is 0.133. The quantitative estimate of drug-likeness (QED) is 0.868. The highest BCUT2D eigenvalue weighted by atomic mass is 79.9. The molecule has 0 atom stereocenters. The summed E-state index contributed by atoms with van der Waals surface area (Å²) < 4.78 is 11.3. The van der Waals surface area contributed by atoms with E-state index in [4.69, 9.17) is 9.47 Å². The summed E-state index contributed by atoms with van der Waals surface area (Å²) >= 11 is 3.36. The second-order valence-electron chi connectivity index (χ2n) is 4.08. The van der Waals surface area contributed by atoms with Crippen molar-refractivity contribution in [3.63, 3.8) is 0 Å². The predicted molar refractivity (Wildman–Crippen MR) is 77.9 cm³/mol. The van der Waals surface area contributed by atoms with Crippen LogP contribution in [0.4, 0.5) is 0 Å². The van der Waals surface area contributed by atoms with Crippen molar-refractivity contribution in [2.45, 2.75) is 6.61 Å². The van der Waals surface area contributed by atoms with E-state index in [1.807, 2.05) is 12.1 Å². The van der Waals surface area contributed by atoms with Crippen LogP contribution in [0.5, 0.6) is 11.5 Å². The van der Waals surface area contributed by atoms with Crippen molar-refractivity contribution in [2.24, 2.45) is 0 Å². The molecule has 2 aromatic carbocycles. The van der Waals surface area contributed by atoms with Gasteiger partial charge in [0, 0.05) is 10.0 Å². The molecule has 0 spiro atoms.